The van der Waals surface area contributed by atoms with Gasteiger partial charge in [-0.1, -0.05) is 6.42 Å². The van der Waals surface area contributed by atoms with Gasteiger partial charge in [-0.3, -0.25) is 5.10 Å². The Bertz CT molecular complexity index is 331. The molecule has 0 spiro atoms. The highest BCUT2D eigenvalue weighted by Crippen LogP contribution is 2.31. The lowest BCUT2D eigenvalue weighted by atomic mass is 9.93. The van der Waals surface area contributed by atoms with Crippen molar-refractivity contribution >= 4 is 0 Å². The molecule has 1 aliphatic heterocycles. The number of rotatable bonds is 4. The molecular formula is C12H21N5. The molecule has 5 nitrogen and oxygen atoms in total. The van der Waals surface area contributed by atoms with Crippen molar-refractivity contribution in [1.29, 1.82) is 0 Å². The van der Waals surface area contributed by atoms with E-state index in [-0.39, 0.29) is 0 Å². The van der Waals surface area contributed by atoms with Gasteiger partial charge in [0.2, 0.25) is 0 Å². The summed E-state index contributed by atoms with van der Waals surface area (Å²) in [6, 6.07) is 1.39. The van der Waals surface area contributed by atoms with Crippen LogP contribution in [0.1, 0.15) is 37.9 Å². The van der Waals surface area contributed by atoms with Crippen LogP contribution in [-0.4, -0.2) is 33.8 Å². The normalized spacial score (nSPS) is 33.3. The monoisotopic (exact) mass is 235 g/mol. The van der Waals surface area contributed by atoms with Crippen molar-refractivity contribution in [3.63, 3.8) is 0 Å². The fourth-order valence-electron chi connectivity index (χ4n) is 3.34. The first-order valence-electron chi connectivity index (χ1n) is 6.74. The van der Waals surface area contributed by atoms with Gasteiger partial charge in [0.1, 0.15) is 12.2 Å². The van der Waals surface area contributed by atoms with Gasteiger partial charge in [-0.2, -0.15) is 5.10 Å². The molecule has 5 heteroatoms. The van der Waals surface area contributed by atoms with Crippen molar-refractivity contribution in [1.82, 2.24) is 25.8 Å². The second-order valence-electron chi connectivity index (χ2n) is 5.22. The van der Waals surface area contributed by atoms with E-state index in [2.05, 4.69) is 25.8 Å². The minimum Gasteiger partial charge on any atom is -0.314 e. The molecule has 2 heterocycles. The highest BCUT2D eigenvalue weighted by atomic mass is 15.2. The summed E-state index contributed by atoms with van der Waals surface area (Å²) in [6.07, 6.45) is 8.29. The zero-order valence-electron chi connectivity index (χ0n) is 10.2. The lowest BCUT2D eigenvalue weighted by Gasteiger charge is -2.26. The molecule has 3 atom stereocenters. The molecule has 2 fully saturated rings. The summed E-state index contributed by atoms with van der Waals surface area (Å²) < 4.78 is 0. The van der Waals surface area contributed by atoms with E-state index in [1.165, 1.54) is 38.6 Å². The van der Waals surface area contributed by atoms with Crippen LogP contribution in [0.2, 0.25) is 0 Å². The van der Waals surface area contributed by atoms with Gasteiger partial charge in [-0.05, 0) is 38.1 Å². The lowest BCUT2D eigenvalue weighted by molar-refractivity contribution is 0.318. The number of nitrogens with one attached hydrogen (secondary N) is 3. The molecule has 1 saturated carbocycles. The second-order valence-corrected chi connectivity index (χ2v) is 5.22. The quantitative estimate of drug-likeness (QED) is 0.723. The fraction of sp³-hybridized carbons (Fsp3) is 0.833. The van der Waals surface area contributed by atoms with Crippen molar-refractivity contribution in [3.8, 4) is 0 Å². The van der Waals surface area contributed by atoms with Crippen LogP contribution in [0.15, 0.2) is 6.33 Å². The van der Waals surface area contributed by atoms with E-state index >= 15 is 0 Å². The zero-order chi connectivity index (χ0) is 11.5. The van der Waals surface area contributed by atoms with Crippen LogP contribution in [-0.2, 0) is 6.54 Å². The van der Waals surface area contributed by atoms with Gasteiger partial charge in [-0.25, -0.2) is 4.98 Å². The van der Waals surface area contributed by atoms with E-state index in [1.54, 1.807) is 6.33 Å². The van der Waals surface area contributed by atoms with Crippen LogP contribution in [0.5, 0.6) is 0 Å². The number of hydrogen-bond donors (Lipinski definition) is 3. The number of aromatic amines is 1. The Labute approximate surface area is 102 Å². The van der Waals surface area contributed by atoms with Gasteiger partial charge in [0.05, 0.1) is 6.54 Å². The molecule has 1 saturated heterocycles. The summed E-state index contributed by atoms with van der Waals surface area (Å²) in [5.74, 6) is 1.75. The van der Waals surface area contributed by atoms with E-state index in [0.29, 0.717) is 6.04 Å². The van der Waals surface area contributed by atoms with Crippen LogP contribution in [0, 0.1) is 5.92 Å². The summed E-state index contributed by atoms with van der Waals surface area (Å²) >= 11 is 0. The van der Waals surface area contributed by atoms with Crippen LogP contribution in [0.4, 0.5) is 0 Å². The third-order valence-electron chi connectivity index (χ3n) is 4.18. The van der Waals surface area contributed by atoms with Crippen LogP contribution in [0.25, 0.3) is 0 Å². The molecule has 0 radical (unpaired) electrons. The molecule has 3 N–H and O–H groups in total. The molecule has 3 unspecified atom stereocenters. The summed E-state index contributed by atoms with van der Waals surface area (Å²) in [6.45, 7) is 2.02. The number of H-pyrrole nitrogens is 1. The number of aromatic nitrogens is 3. The molecule has 0 amide bonds. The minimum atomic E-state index is 0.649. The van der Waals surface area contributed by atoms with Crippen LogP contribution in [0.3, 0.4) is 0 Å². The summed E-state index contributed by atoms with van der Waals surface area (Å²) in [7, 11) is 0. The Morgan fingerprint density at radius 1 is 1.29 bits per heavy atom. The SMILES string of the molecule is c1n[nH]c(CNC2CCCC2C2CCCN2)n1. The molecule has 0 bridgehead atoms. The maximum atomic E-state index is 4.15. The van der Waals surface area contributed by atoms with Crippen LogP contribution < -0.4 is 10.6 Å². The first-order valence-corrected chi connectivity index (χ1v) is 6.74. The Morgan fingerprint density at radius 3 is 3.06 bits per heavy atom. The number of nitrogens with zero attached hydrogens (tertiary/aromatic N) is 2. The van der Waals surface area contributed by atoms with Crippen molar-refractivity contribution in [2.24, 2.45) is 5.92 Å². The molecule has 3 rings (SSSR count). The topological polar surface area (TPSA) is 65.6 Å². The molecule has 94 valence electrons. The Hall–Kier alpha value is -0.940. The molecule has 17 heavy (non-hydrogen) atoms. The van der Waals surface area contributed by atoms with E-state index in [0.717, 1.165) is 24.3 Å². The molecular weight excluding hydrogens is 214 g/mol. The Kier molecular flexibility index (Phi) is 3.38. The average Bonchev–Trinajstić information content (AvgIpc) is 3.09. The summed E-state index contributed by atoms with van der Waals surface area (Å²) in [4.78, 5) is 4.15. The highest BCUT2D eigenvalue weighted by Gasteiger charge is 2.34. The second kappa shape index (κ2) is 5.14. The molecule has 1 aromatic rings. The van der Waals surface area contributed by atoms with Crippen molar-refractivity contribution in [2.75, 3.05) is 6.54 Å². The Balaban J connectivity index is 1.54. The largest absolute Gasteiger partial charge is 0.314 e. The summed E-state index contributed by atoms with van der Waals surface area (Å²) in [5.41, 5.74) is 0. The van der Waals surface area contributed by atoms with Gasteiger partial charge in [0, 0.05) is 12.1 Å². The average molecular weight is 235 g/mol. The third-order valence-corrected chi connectivity index (χ3v) is 4.18. The van der Waals surface area contributed by atoms with E-state index < -0.39 is 0 Å². The van der Waals surface area contributed by atoms with Gasteiger partial charge < -0.3 is 10.6 Å². The standard InChI is InChI=1S/C12H21N5/c1-3-9(10-5-2-6-13-10)11(4-1)14-7-12-15-8-16-17-12/h8-11,13-14H,1-7H2,(H,15,16,17). The maximum absolute atomic E-state index is 4.15. The lowest BCUT2D eigenvalue weighted by Crippen LogP contribution is -2.41. The fourth-order valence-corrected chi connectivity index (χ4v) is 3.34. The highest BCUT2D eigenvalue weighted by molar-refractivity contribution is 4.94. The molecule has 1 aromatic heterocycles. The predicted octanol–water partition coefficient (Wildman–Crippen LogP) is 0.815. The predicted molar refractivity (Wildman–Crippen MR) is 65.4 cm³/mol. The maximum Gasteiger partial charge on any atom is 0.138 e. The first kappa shape index (κ1) is 11.2. The summed E-state index contributed by atoms with van der Waals surface area (Å²) in [5, 5.41) is 14.1. The van der Waals surface area contributed by atoms with Gasteiger partial charge in [-0.15, -0.1) is 0 Å². The van der Waals surface area contributed by atoms with Gasteiger partial charge in [0.25, 0.3) is 0 Å². The van der Waals surface area contributed by atoms with Crippen LogP contribution >= 0.6 is 0 Å². The minimum absolute atomic E-state index is 0.649. The van der Waals surface area contributed by atoms with Crippen molar-refractivity contribution in [2.45, 2.75) is 50.7 Å². The molecule has 1 aliphatic carbocycles. The molecule has 0 aromatic carbocycles. The molecule has 2 aliphatic rings. The van der Waals surface area contributed by atoms with Gasteiger partial charge >= 0.3 is 0 Å². The van der Waals surface area contributed by atoms with Crippen molar-refractivity contribution in [3.05, 3.63) is 12.2 Å². The smallest absolute Gasteiger partial charge is 0.138 e. The zero-order valence-corrected chi connectivity index (χ0v) is 10.2. The van der Waals surface area contributed by atoms with E-state index in [4.69, 9.17) is 0 Å². The number of hydrogen-bond acceptors (Lipinski definition) is 4. The third kappa shape index (κ3) is 2.50. The van der Waals surface area contributed by atoms with Gasteiger partial charge in [0.15, 0.2) is 0 Å². The Morgan fingerprint density at radius 2 is 2.29 bits per heavy atom. The van der Waals surface area contributed by atoms with E-state index in [9.17, 15) is 0 Å². The first-order chi connectivity index (χ1) is 8.43. The van der Waals surface area contributed by atoms with E-state index in [1.807, 2.05) is 0 Å². The van der Waals surface area contributed by atoms with Crippen molar-refractivity contribution < 1.29 is 0 Å².